The van der Waals surface area contributed by atoms with Gasteiger partial charge in [0.2, 0.25) is 5.91 Å². The van der Waals surface area contributed by atoms with E-state index in [9.17, 15) is 14.4 Å². The highest BCUT2D eigenvalue weighted by Crippen LogP contribution is 2.33. The fourth-order valence-electron chi connectivity index (χ4n) is 3.44. The van der Waals surface area contributed by atoms with Crippen LogP contribution in [0.4, 0.5) is 10.5 Å². The first kappa shape index (κ1) is 22.7. The van der Waals surface area contributed by atoms with Crippen molar-refractivity contribution in [3.05, 3.63) is 82.0 Å². The normalized spacial score (nSPS) is 14.8. The van der Waals surface area contributed by atoms with Gasteiger partial charge < -0.3 is 14.6 Å². The smallest absolute Gasteiger partial charge is 0.294 e. The van der Waals surface area contributed by atoms with Crippen LogP contribution in [0.2, 0.25) is 5.02 Å². The van der Waals surface area contributed by atoms with Gasteiger partial charge in [0, 0.05) is 27.8 Å². The second-order valence-electron chi connectivity index (χ2n) is 7.26. The summed E-state index contributed by atoms with van der Waals surface area (Å²) in [5, 5.41) is 2.62. The minimum absolute atomic E-state index is 0.253. The van der Waals surface area contributed by atoms with E-state index in [2.05, 4.69) is 5.32 Å². The van der Waals surface area contributed by atoms with Crippen LogP contribution in [0.5, 0.6) is 5.75 Å². The molecule has 1 aliphatic rings. The van der Waals surface area contributed by atoms with Crippen molar-refractivity contribution in [2.45, 2.75) is 6.92 Å². The summed E-state index contributed by atoms with van der Waals surface area (Å²) >= 11 is 6.74. The largest absolute Gasteiger partial charge is 0.497 e. The van der Waals surface area contributed by atoms with Gasteiger partial charge in [-0.3, -0.25) is 19.3 Å². The molecule has 4 rings (SSSR count). The number of hydrogen-bond acceptors (Lipinski definition) is 5. The molecule has 7 nitrogen and oxygen atoms in total. The van der Waals surface area contributed by atoms with E-state index in [1.165, 1.54) is 0 Å². The number of carbonyl (C=O) groups is 3. The Morgan fingerprint density at radius 1 is 1.12 bits per heavy atom. The lowest BCUT2D eigenvalue weighted by atomic mass is 10.2. The van der Waals surface area contributed by atoms with E-state index in [1.807, 2.05) is 47.9 Å². The highest BCUT2D eigenvalue weighted by atomic mass is 35.5. The quantitative estimate of drug-likeness (QED) is 0.494. The lowest BCUT2D eigenvalue weighted by Crippen LogP contribution is -2.36. The van der Waals surface area contributed by atoms with Crippen molar-refractivity contribution >= 4 is 52.2 Å². The van der Waals surface area contributed by atoms with Gasteiger partial charge in [0.05, 0.1) is 12.0 Å². The average Bonchev–Trinajstić information content (AvgIpc) is 3.28. The van der Waals surface area contributed by atoms with Crippen molar-refractivity contribution in [1.82, 2.24) is 9.47 Å². The minimum atomic E-state index is -0.508. The van der Waals surface area contributed by atoms with E-state index in [0.29, 0.717) is 10.7 Å². The minimum Gasteiger partial charge on any atom is -0.497 e. The number of benzene rings is 2. The Hall–Kier alpha value is -3.49. The van der Waals surface area contributed by atoms with Crippen LogP contribution in [0.3, 0.4) is 0 Å². The molecule has 0 aliphatic carbocycles. The van der Waals surface area contributed by atoms with Crippen LogP contribution < -0.4 is 10.1 Å². The highest BCUT2D eigenvalue weighted by molar-refractivity contribution is 8.18. The molecule has 1 aliphatic heterocycles. The fourth-order valence-corrected chi connectivity index (χ4v) is 4.45. The average molecular weight is 482 g/mol. The molecule has 0 spiro atoms. The van der Waals surface area contributed by atoms with Crippen molar-refractivity contribution in [2.24, 2.45) is 0 Å². The third kappa shape index (κ3) is 4.97. The molecule has 9 heteroatoms. The molecule has 0 atom stereocenters. The van der Waals surface area contributed by atoms with Crippen molar-refractivity contribution in [1.29, 1.82) is 0 Å². The van der Waals surface area contributed by atoms with E-state index >= 15 is 0 Å². The van der Waals surface area contributed by atoms with Crippen LogP contribution in [0.25, 0.3) is 11.8 Å². The maximum absolute atomic E-state index is 12.9. The fraction of sp³-hybridized carbons (Fsp3) is 0.125. The molecule has 33 heavy (non-hydrogen) atoms. The summed E-state index contributed by atoms with van der Waals surface area (Å²) in [6.07, 6.45) is 1.66. The number of aryl methyl sites for hydroxylation is 1. The highest BCUT2D eigenvalue weighted by Gasteiger charge is 2.36. The predicted molar refractivity (Wildman–Crippen MR) is 130 cm³/mol. The molecular weight excluding hydrogens is 462 g/mol. The van der Waals surface area contributed by atoms with E-state index in [0.717, 1.165) is 39.5 Å². The molecule has 1 saturated heterocycles. The molecule has 1 fully saturated rings. The van der Waals surface area contributed by atoms with Gasteiger partial charge in [-0.2, -0.15) is 0 Å². The number of aromatic nitrogens is 1. The summed E-state index contributed by atoms with van der Waals surface area (Å²) in [5.74, 6) is -0.257. The summed E-state index contributed by atoms with van der Waals surface area (Å²) in [6.45, 7) is 1.57. The molecule has 0 unspecified atom stereocenters. The molecule has 0 radical (unpaired) electrons. The predicted octanol–water partition coefficient (Wildman–Crippen LogP) is 5.12. The third-order valence-corrected chi connectivity index (χ3v) is 6.14. The second kappa shape index (κ2) is 9.56. The number of carbonyl (C=O) groups excluding carboxylic acids is 3. The number of hydrogen-bond donors (Lipinski definition) is 1. The zero-order valence-corrected chi connectivity index (χ0v) is 19.4. The number of nitrogens with zero attached hydrogens (tertiary/aromatic N) is 2. The Labute approximate surface area is 200 Å². The number of methoxy groups -OCH3 is 1. The molecule has 1 aromatic heterocycles. The number of amides is 3. The molecule has 2 heterocycles. The van der Waals surface area contributed by atoms with Crippen LogP contribution in [-0.4, -0.2) is 40.2 Å². The van der Waals surface area contributed by atoms with Crippen LogP contribution in [0.1, 0.15) is 11.4 Å². The van der Waals surface area contributed by atoms with Crippen LogP contribution in [-0.2, 0) is 9.59 Å². The molecule has 0 bridgehead atoms. The zero-order valence-electron chi connectivity index (χ0n) is 17.9. The van der Waals surface area contributed by atoms with E-state index in [4.69, 9.17) is 16.3 Å². The number of anilines is 1. The first-order valence-corrected chi connectivity index (χ1v) is 11.2. The lowest BCUT2D eigenvalue weighted by Gasteiger charge is -2.13. The van der Waals surface area contributed by atoms with Gasteiger partial charge in [-0.05, 0) is 79.4 Å². The first-order chi connectivity index (χ1) is 15.9. The van der Waals surface area contributed by atoms with Gasteiger partial charge in [-0.25, -0.2) is 0 Å². The molecule has 2 aromatic carbocycles. The van der Waals surface area contributed by atoms with Gasteiger partial charge in [0.1, 0.15) is 12.3 Å². The standard InChI is InChI=1S/C24H20ClN3O4S/c1-15-6-7-19(28(15)18-8-10-20(32-2)11-9-18)13-21-23(30)27(24(31)33-21)14-22(29)26-17-5-3-4-16(25)12-17/h3-13H,14H2,1-2H3,(H,26,29)/b21-13-. The van der Waals surface area contributed by atoms with E-state index < -0.39 is 17.1 Å². The van der Waals surface area contributed by atoms with Gasteiger partial charge in [0.15, 0.2) is 0 Å². The van der Waals surface area contributed by atoms with Gasteiger partial charge in [-0.15, -0.1) is 0 Å². The monoisotopic (exact) mass is 481 g/mol. The van der Waals surface area contributed by atoms with Gasteiger partial charge in [0.25, 0.3) is 11.1 Å². The summed E-state index contributed by atoms with van der Waals surface area (Å²) < 4.78 is 7.19. The summed E-state index contributed by atoms with van der Waals surface area (Å²) in [5.41, 5.74) is 3.09. The molecule has 1 N–H and O–H groups in total. The zero-order chi connectivity index (χ0) is 23.5. The van der Waals surface area contributed by atoms with E-state index in [1.54, 1.807) is 37.5 Å². The van der Waals surface area contributed by atoms with Crippen LogP contribution in [0.15, 0.2) is 65.6 Å². The van der Waals surface area contributed by atoms with Crippen molar-refractivity contribution in [3.63, 3.8) is 0 Å². The maximum Gasteiger partial charge on any atom is 0.294 e. The number of imide groups is 1. The van der Waals surface area contributed by atoms with Crippen LogP contribution in [0, 0.1) is 6.92 Å². The third-order valence-electron chi connectivity index (χ3n) is 5.00. The summed E-state index contributed by atoms with van der Waals surface area (Å²) in [7, 11) is 1.60. The van der Waals surface area contributed by atoms with E-state index in [-0.39, 0.29) is 11.4 Å². The number of halogens is 1. The lowest BCUT2D eigenvalue weighted by molar-refractivity contribution is -0.127. The van der Waals surface area contributed by atoms with Crippen molar-refractivity contribution in [3.8, 4) is 11.4 Å². The van der Waals surface area contributed by atoms with Crippen molar-refractivity contribution < 1.29 is 19.1 Å². The number of nitrogens with one attached hydrogen (secondary N) is 1. The van der Waals surface area contributed by atoms with Crippen molar-refractivity contribution in [2.75, 3.05) is 19.0 Å². The van der Waals surface area contributed by atoms with Crippen LogP contribution >= 0.6 is 23.4 Å². The number of thioether (sulfide) groups is 1. The Morgan fingerprint density at radius 2 is 1.88 bits per heavy atom. The molecule has 3 aromatic rings. The Kier molecular flexibility index (Phi) is 6.57. The Morgan fingerprint density at radius 3 is 2.58 bits per heavy atom. The Bertz CT molecular complexity index is 1270. The molecular formula is C24H20ClN3O4S. The molecule has 168 valence electrons. The second-order valence-corrected chi connectivity index (χ2v) is 8.69. The Balaban J connectivity index is 1.53. The van der Waals surface area contributed by atoms with Gasteiger partial charge >= 0.3 is 0 Å². The summed E-state index contributed by atoms with van der Waals surface area (Å²) in [6, 6.07) is 18.0. The topological polar surface area (TPSA) is 80.6 Å². The maximum atomic E-state index is 12.9. The molecule has 3 amide bonds. The molecule has 0 saturated carbocycles. The van der Waals surface area contributed by atoms with Gasteiger partial charge in [-0.1, -0.05) is 17.7 Å². The first-order valence-electron chi connectivity index (χ1n) is 9.99. The number of ether oxygens (including phenoxy) is 1. The summed E-state index contributed by atoms with van der Waals surface area (Å²) in [4.78, 5) is 38.9. The SMILES string of the molecule is COc1ccc(-n2c(C)ccc2/C=C2\SC(=O)N(CC(=O)Nc3cccc(Cl)c3)C2=O)cc1. The number of rotatable bonds is 6.